The summed E-state index contributed by atoms with van der Waals surface area (Å²) < 4.78 is 20.0. The van der Waals surface area contributed by atoms with E-state index < -0.39 is 54.2 Å². The van der Waals surface area contributed by atoms with E-state index in [2.05, 4.69) is 0 Å². The first-order valence-electron chi connectivity index (χ1n) is 8.16. The fourth-order valence-electron chi connectivity index (χ4n) is 2.10. The van der Waals surface area contributed by atoms with Crippen LogP contribution in [0.25, 0.3) is 0 Å². The number of esters is 3. The SMILES string of the molecule is CO[C@H]1CC(=O)[C@H](C)OC(=O)C[C@H](C)OC(=O)/C=C/[C@@H](O)[C@H](C)OC1=O. The van der Waals surface area contributed by atoms with Gasteiger partial charge >= 0.3 is 17.9 Å². The second kappa shape index (κ2) is 10.0. The van der Waals surface area contributed by atoms with E-state index in [0.29, 0.717) is 0 Å². The number of ether oxygens (including phenoxy) is 4. The summed E-state index contributed by atoms with van der Waals surface area (Å²) in [5, 5.41) is 9.93. The van der Waals surface area contributed by atoms with E-state index in [1.807, 2.05) is 0 Å². The van der Waals surface area contributed by atoms with Crippen LogP contribution < -0.4 is 0 Å². The van der Waals surface area contributed by atoms with E-state index in [1.165, 1.54) is 27.9 Å². The molecule has 1 rings (SSSR count). The summed E-state index contributed by atoms with van der Waals surface area (Å²) >= 11 is 0. The van der Waals surface area contributed by atoms with Crippen molar-refractivity contribution in [2.75, 3.05) is 7.11 Å². The fraction of sp³-hybridized carbons (Fsp3) is 0.647. The van der Waals surface area contributed by atoms with Crippen molar-refractivity contribution in [2.45, 2.75) is 64.1 Å². The van der Waals surface area contributed by atoms with Gasteiger partial charge in [0.25, 0.3) is 0 Å². The Kier molecular flexibility index (Phi) is 8.40. The van der Waals surface area contributed by atoms with Gasteiger partial charge in [-0.2, -0.15) is 0 Å². The fourth-order valence-corrected chi connectivity index (χ4v) is 2.10. The van der Waals surface area contributed by atoms with Gasteiger partial charge in [0.1, 0.15) is 18.3 Å². The highest BCUT2D eigenvalue weighted by Gasteiger charge is 2.30. The summed E-state index contributed by atoms with van der Waals surface area (Å²) in [6.45, 7) is 4.28. The second-order valence-electron chi connectivity index (χ2n) is 5.97. The van der Waals surface area contributed by atoms with Crippen molar-refractivity contribution in [1.82, 2.24) is 0 Å². The Labute approximate surface area is 151 Å². The number of aliphatic hydroxyl groups is 1. The number of carbonyl (C=O) groups is 4. The molecule has 1 N–H and O–H groups in total. The van der Waals surface area contributed by atoms with Crippen molar-refractivity contribution in [3.05, 3.63) is 12.2 Å². The number of ketones is 1. The molecular weight excluding hydrogens is 348 g/mol. The monoisotopic (exact) mass is 372 g/mol. The van der Waals surface area contributed by atoms with E-state index in [0.717, 1.165) is 12.2 Å². The number of carbonyl (C=O) groups excluding carboxylic acids is 4. The Morgan fingerprint density at radius 2 is 1.69 bits per heavy atom. The molecular formula is C17H24O9. The maximum Gasteiger partial charge on any atom is 0.336 e. The molecule has 0 saturated heterocycles. The number of methoxy groups -OCH3 is 1. The molecule has 0 bridgehead atoms. The summed E-state index contributed by atoms with van der Waals surface area (Å²) in [4.78, 5) is 47.7. The lowest BCUT2D eigenvalue weighted by atomic mass is 10.1. The van der Waals surface area contributed by atoms with Crippen LogP contribution >= 0.6 is 0 Å². The number of hydrogen-bond donors (Lipinski definition) is 1. The van der Waals surface area contributed by atoms with Crippen LogP contribution in [-0.4, -0.2) is 66.4 Å². The number of rotatable bonds is 1. The predicted molar refractivity (Wildman–Crippen MR) is 86.8 cm³/mol. The average molecular weight is 372 g/mol. The van der Waals surface area contributed by atoms with Gasteiger partial charge in [-0.1, -0.05) is 0 Å². The lowest BCUT2D eigenvalue weighted by Gasteiger charge is -2.22. The smallest absolute Gasteiger partial charge is 0.336 e. The molecule has 0 unspecified atom stereocenters. The van der Waals surface area contributed by atoms with Crippen LogP contribution in [0.3, 0.4) is 0 Å². The Bertz CT molecular complexity index is 569. The predicted octanol–water partition coefficient (Wildman–Crippen LogP) is 0.0765. The molecule has 0 aromatic rings. The van der Waals surface area contributed by atoms with Gasteiger partial charge in [-0.15, -0.1) is 0 Å². The van der Waals surface area contributed by atoms with Gasteiger partial charge in [-0.3, -0.25) is 9.59 Å². The summed E-state index contributed by atoms with van der Waals surface area (Å²) in [6.07, 6.45) is -3.88. The second-order valence-corrected chi connectivity index (χ2v) is 5.97. The molecule has 5 atom stereocenters. The van der Waals surface area contributed by atoms with Crippen LogP contribution in [-0.2, 0) is 38.1 Å². The first-order valence-corrected chi connectivity index (χ1v) is 8.16. The van der Waals surface area contributed by atoms with Crippen molar-refractivity contribution < 1.29 is 43.2 Å². The lowest BCUT2D eigenvalue weighted by molar-refractivity contribution is -0.167. The van der Waals surface area contributed by atoms with Crippen molar-refractivity contribution in [3.63, 3.8) is 0 Å². The highest BCUT2D eigenvalue weighted by atomic mass is 16.6. The Hall–Kier alpha value is -2.26. The highest BCUT2D eigenvalue weighted by molar-refractivity contribution is 5.90. The normalized spacial score (nSPS) is 33.8. The topological polar surface area (TPSA) is 125 Å². The minimum atomic E-state index is -1.27. The molecule has 1 heterocycles. The maximum atomic E-state index is 12.1. The first kappa shape index (κ1) is 21.8. The van der Waals surface area contributed by atoms with Gasteiger partial charge in [0, 0.05) is 19.6 Å². The van der Waals surface area contributed by atoms with Crippen LogP contribution in [0, 0.1) is 0 Å². The van der Waals surface area contributed by atoms with Crippen LogP contribution in [0.5, 0.6) is 0 Å². The van der Waals surface area contributed by atoms with Crippen LogP contribution in [0.15, 0.2) is 12.2 Å². The maximum absolute atomic E-state index is 12.1. The van der Waals surface area contributed by atoms with Crippen LogP contribution in [0.1, 0.15) is 33.6 Å². The number of hydrogen-bond acceptors (Lipinski definition) is 9. The number of Topliss-reactive ketones (excluding diaryl/α,β-unsaturated/α-hetero) is 1. The van der Waals surface area contributed by atoms with Crippen LogP contribution in [0.2, 0.25) is 0 Å². The molecule has 1 aliphatic rings. The summed E-state index contributed by atoms with van der Waals surface area (Å²) in [5.41, 5.74) is 0. The third kappa shape index (κ3) is 6.93. The summed E-state index contributed by atoms with van der Waals surface area (Å²) in [7, 11) is 1.23. The van der Waals surface area contributed by atoms with Gasteiger partial charge in [0.05, 0.1) is 6.42 Å². The Balaban J connectivity index is 3.00. The summed E-state index contributed by atoms with van der Waals surface area (Å²) in [5.74, 6) is -2.91. The molecule has 0 aromatic heterocycles. The third-order valence-electron chi connectivity index (χ3n) is 3.68. The molecule has 0 aromatic carbocycles. The van der Waals surface area contributed by atoms with E-state index >= 15 is 0 Å². The number of aliphatic hydroxyl groups excluding tert-OH is 1. The molecule has 0 amide bonds. The lowest BCUT2D eigenvalue weighted by Crippen LogP contribution is -2.37. The van der Waals surface area contributed by atoms with Crippen LogP contribution in [0.4, 0.5) is 0 Å². The highest BCUT2D eigenvalue weighted by Crippen LogP contribution is 2.11. The van der Waals surface area contributed by atoms with Gasteiger partial charge in [-0.05, 0) is 26.8 Å². The zero-order valence-corrected chi connectivity index (χ0v) is 15.2. The standard InChI is InChI=1S/C17H24O9/c1-9-7-16(21)25-11(3)13(19)8-14(23-4)17(22)26-10(2)12(18)5-6-15(20)24-9/h5-6,9-12,14,18H,7-8H2,1-4H3/b6-5+/t9-,10-,11-,12+,14-/m0/s1. The van der Waals surface area contributed by atoms with Crippen molar-refractivity contribution in [1.29, 1.82) is 0 Å². The molecule has 26 heavy (non-hydrogen) atoms. The zero-order chi connectivity index (χ0) is 19.9. The molecule has 9 heteroatoms. The molecule has 146 valence electrons. The molecule has 0 fully saturated rings. The van der Waals surface area contributed by atoms with Crippen molar-refractivity contribution in [2.24, 2.45) is 0 Å². The van der Waals surface area contributed by atoms with Gasteiger partial charge < -0.3 is 24.1 Å². The number of cyclic esters (lactones) is 3. The molecule has 0 radical (unpaired) electrons. The molecule has 0 spiro atoms. The van der Waals surface area contributed by atoms with Gasteiger partial charge in [0.15, 0.2) is 18.0 Å². The molecule has 9 nitrogen and oxygen atoms in total. The van der Waals surface area contributed by atoms with E-state index in [9.17, 15) is 24.3 Å². The zero-order valence-electron chi connectivity index (χ0n) is 15.2. The summed E-state index contributed by atoms with van der Waals surface area (Å²) in [6, 6.07) is 0. The average Bonchev–Trinajstić information content (AvgIpc) is 2.55. The molecule has 0 aliphatic carbocycles. The third-order valence-corrected chi connectivity index (χ3v) is 3.68. The Morgan fingerprint density at radius 3 is 2.31 bits per heavy atom. The van der Waals surface area contributed by atoms with Crippen molar-refractivity contribution >= 4 is 23.7 Å². The first-order chi connectivity index (χ1) is 12.1. The van der Waals surface area contributed by atoms with E-state index in [4.69, 9.17) is 18.9 Å². The molecule has 1 aliphatic heterocycles. The molecule has 0 saturated carbocycles. The minimum absolute atomic E-state index is 0.244. The minimum Gasteiger partial charge on any atom is -0.459 e. The quantitative estimate of drug-likeness (QED) is 0.503. The van der Waals surface area contributed by atoms with Gasteiger partial charge in [-0.25, -0.2) is 9.59 Å². The van der Waals surface area contributed by atoms with E-state index in [-0.39, 0.29) is 12.8 Å². The van der Waals surface area contributed by atoms with E-state index in [1.54, 1.807) is 0 Å². The van der Waals surface area contributed by atoms with Gasteiger partial charge in [0.2, 0.25) is 0 Å². The van der Waals surface area contributed by atoms with Crippen molar-refractivity contribution in [3.8, 4) is 0 Å². The Morgan fingerprint density at radius 1 is 1.04 bits per heavy atom. The largest absolute Gasteiger partial charge is 0.459 e.